The minimum atomic E-state index is -0.0213. The number of methoxy groups -OCH3 is 1. The fourth-order valence-electron chi connectivity index (χ4n) is 2.27. The van der Waals surface area contributed by atoms with Crippen molar-refractivity contribution < 1.29 is 14.6 Å². The van der Waals surface area contributed by atoms with E-state index in [0.29, 0.717) is 24.1 Å². The van der Waals surface area contributed by atoms with Crippen LogP contribution in [0.1, 0.15) is 25.8 Å². The summed E-state index contributed by atoms with van der Waals surface area (Å²) in [5, 5.41) is 15.5. The van der Waals surface area contributed by atoms with E-state index >= 15 is 0 Å². The standard InChI is InChI=1S/C17H27N3O3/c1-4-18-17(20-14-9-12(14)2)19-11-13-5-6-15(23-8-7-21)16(10-13)22-3/h5-6,10,12,14,21H,4,7-9,11H2,1-3H3,(H2,18,19,20). The third-order valence-corrected chi connectivity index (χ3v) is 3.77. The SMILES string of the molecule is CCNC(=NCc1ccc(OCCO)c(OC)c1)NC1CC1C. The van der Waals surface area contributed by atoms with Crippen molar-refractivity contribution in [1.29, 1.82) is 0 Å². The number of guanidine groups is 1. The Hall–Kier alpha value is -1.95. The number of benzene rings is 1. The zero-order valence-corrected chi connectivity index (χ0v) is 14.1. The summed E-state index contributed by atoms with van der Waals surface area (Å²) in [5.74, 6) is 2.86. The highest BCUT2D eigenvalue weighted by Gasteiger charge is 2.33. The van der Waals surface area contributed by atoms with Gasteiger partial charge in [-0.15, -0.1) is 0 Å². The Kier molecular flexibility index (Phi) is 6.52. The fraction of sp³-hybridized carbons (Fsp3) is 0.588. The Balaban J connectivity index is 2.00. The minimum absolute atomic E-state index is 0.0213. The number of rotatable bonds is 8. The topological polar surface area (TPSA) is 75.1 Å². The first-order valence-corrected chi connectivity index (χ1v) is 8.13. The molecule has 2 unspecified atom stereocenters. The first kappa shape index (κ1) is 17.4. The van der Waals surface area contributed by atoms with Crippen molar-refractivity contribution in [2.24, 2.45) is 10.9 Å². The number of nitrogens with one attached hydrogen (secondary N) is 2. The van der Waals surface area contributed by atoms with Gasteiger partial charge in [-0.05, 0) is 37.0 Å². The lowest BCUT2D eigenvalue weighted by Gasteiger charge is -2.12. The fourth-order valence-corrected chi connectivity index (χ4v) is 2.27. The summed E-state index contributed by atoms with van der Waals surface area (Å²) in [7, 11) is 1.61. The van der Waals surface area contributed by atoms with Crippen LogP contribution in [-0.2, 0) is 6.54 Å². The summed E-state index contributed by atoms with van der Waals surface area (Å²) in [6.45, 7) is 5.92. The highest BCUT2D eigenvalue weighted by Crippen LogP contribution is 2.29. The van der Waals surface area contributed by atoms with Gasteiger partial charge in [0.15, 0.2) is 17.5 Å². The number of hydrogen-bond acceptors (Lipinski definition) is 4. The predicted molar refractivity (Wildman–Crippen MR) is 91.1 cm³/mol. The number of aliphatic imine (C=N–C) groups is 1. The molecule has 2 rings (SSSR count). The largest absolute Gasteiger partial charge is 0.493 e. The molecule has 1 saturated carbocycles. The maximum atomic E-state index is 8.84. The molecule has 1 aromatic rings. The normalized spacial score (nSPS) is 20.1. The van der Waals surface area contributed by atoms with Gasteiger partial charge in [-0.25, -0.2) is 4.99 Å². The Bertz CT molecular complexity index is 534. The van der Waals surface area contributed by atoms with Gasteiger partial charge >= 0.3 is 0 Å². The molecule has 0 aromatic heterocycles. The molecule has 0 spiro atoms. The van der Waals surface area contributed by atoms with E-state index in [4.69, 9.17) is 14.6 Å². The van der Waals surface area contributed by atoms with Crippen molar-refractivity contribution in [3.63, 3.8) is 0 Å². The van der Waals surface area contributed by atoms with Crippen LogP contribution in [0.5, 0.6) is 11.5 Å². The molecular formula is C17H27N3O3. The zero-order chi connectivity index (χ0) is 16.7. The Morgan fingerprint density at radius 1 is 1.39 bits per heavy atom. The highest BCUT2D eigenvalue weighted by molar-refractivity contribution is 5.80. The first-order valence-electron chi connectivity index (χ1n) is 8.13. The molecule has 6 heteroatoms. The summed E-state index contributed by atoms with van der Waals surface area (Å²) in [6.07, 6.45) is 1.20. The lowest BCUT2D eigenvalue weighted by atomic mass is 10.2. The van der Waals surface area contributed by atoms with Crippen LogP contribution in [0.15, 0.2) is 23.2 Å². The van der Waals surface area contributed by atoms with Crippen molar-refractivity contribution in [2.45, 2.75) is 32.9 Å². The van der Waals surface area contributed by atoms with Gasteiger partial charge in [0.2, 0.25) is 0 Å². The lowest BCUT2D eigenvalue weighted by molar-refractivity contribution is 0.196. The van der Waals surface area contributed by atoms with Crippen LogP contribution in [0.25, 0.3) is 0 Å². The van der Waals surface area contributed by atoms with Gasteiger partial charge in [-0.3, -0.25) is 0 Å². The van der Waals surface area contributed by atoms with Gasteiger partial charge in [-0.2, -0.15) is 0 Å². The van der Waals surface area contributed by atoms with Crippen LogP contribution in [0, 0.1) is 5.92 Å². The second-order valence-electron chi connectivity index (χ2n) is 5.72. The molecule has 0 radical (unpaired) electrons. The summed E-state index contributed by atoms with van der Waals surface area (Å²) < 4.78 is 10.8. The van der Waals surface area contributed by atoms with Crippen molar-refractivity contribution in [3.8, 4) is 11.5 Å². The molecule has 0 bridgehead atoms. The minimum Gasteiger partial charge on any atom is -0.493 e. The summed E-state index contributed by atoms with van der Waals surface area (Å²) in [6, 6.07) is 6.26. The number of ether oxygens (including phenoxy) is 2. The van der Waals surface area contributed by atoms with E-state index in [1.165, 1.54) is 6.42 Å². The van der Waals surface area contributed by atoms with E-state index in [9.17, 15) is 0 Å². The molecule has 3 N–H and O–H groups in total. The Morgan fingerprint density at radius 2 is 2.17 bits per heavy atom. The smallest absolute Gasteiger partial charge is 0.191 e. The molecule has 1 aliphatic rings. The molecule has 1 aliphatic carbocycles. The van der Waals surface area contributed by atoms with Crippen molar-refractivity contribution in [2.75, 3.05) is 26.9 Å². The van der Waals surface area contributed by atoms with E-state index in [1.807, 2.05) is 18.2 Å². The molecule has 23 heavy (non-hydrogen) atoms. The molecule has 128 valence electrons. The van der Waals surface area contributed by atoms with E-state index < -0.39 is 0 Å². The van der Waals surface area contributed by atoms with Crippen LogP contribution < -0.4 is 20.1 Å². The third kappa shape index (κ3) is 5.32. The van der Waals surface area contributed by atoms with Gasteiger partial charge in [0, 0.05) is 12.6 Å². The third-order valence-electron chi connectivity index (χ3n) is 3.77. The predicted octanol–water partition coefficient (Wildman–Crippen LogP) is 1.53. The quantitative estimate of drug-likeness (QED) is 0.500. The second kappa shape index (κ2) is 8.62. The Labute approximate surface area is 137 Å². The average Bonchev–Trinajstić information content (AvgIpc) is 3.26. The van der Waals surface area contributed by atoms with Crippen molar-refractivity contribution in [1.82, 2.24) is 10.6 Å². The number of aliphatic hydroxyl groups excluding tert-OH is 1. The van der Waals surface area contributed by atoms with Gasteiger partial charge < -0.3 is 25.2 Å². The summed E-state index contributed by atoms with van der Waals surface area (Å²) >= 11 is 0. The highest BCUT2D eigenvalue weighted by atomic mass is 16.5. The molecule has 2 atom stereocenters. The maximum Gasteiger partial charge on any atom is 0.191 e. The van der Waals surface area contributed by atoms with Crippen LogP contribution in [0.3, 0.4) is 0 Å². The molecule has 0 saturated heterocycles. The van der Waals surface area contributed by atoms with Crippen LogP contribution in [-0.4, -0.2) is 44.0 Å². The van der Waals surface area contributed by atoms with Crippen LogP contribution >= 0.6 is 0 Å². The first-order chi connectivity index (χ1) is 11.2. The van der Waals surface area contributed by atoms with E-state index in [1.54, 1.807) is 7.11 Å². The van der Waals surface area contributed by atoms with Gasteiger partial charge in [0.1, 0.15) is 6.61 Å². The summed E-state index contributed by atoms with van der Waals surface area (Å²) in [5.41, 5.74) is 1.04. The molecule has 0 amide bonds. The molecule has 6 nitrogen and oxygen atoms in total. The molecule has 0 aliphatic heterocycles. The van der Waals surface area contributed by atoms with E-state index in [2.05, 4.69) is 29.5 Å². The molecular weight excluding hydrogens is 294 g/mol. The number of nitrogens with zero attached hydrogens (tertiary/aromatic N) is 1. The van der Waals surface area contributed by atoms with Crippen molar-refractivity contribution in [3.05, 3.63) is 23.8 Å². The lowest BCUT2D eigenvalue weighted by Crippen LogP contribution is -2.39. The Morgan fingerprint density at radius 3 is 2.78 bits per heavy atom. The number of hydrogen-bond donors (Lipinski definition) is 3. The monoisotopic (exact) mass is 321 g/mol. The molecule has 1 aromatic carbocycles. The van der Waals surface area contributed by atoms with Gasteiger partial charge in [-0.1, -0.05) is 13.0 Å². The van der Waals surface area contributed by atoms with E-state index in [0.717, 1.165) is 24.0 Å². The van der Waals surface area contributed by atoms with E-state index in [-0.39, 0.29) is 13.2 Å². The zero-order valence-electron chi connectivity index (χ0n) is 14.1. The van der Waals surface area contributed by atoms with Crippen LogP contribution in [0.4, 0.5) is 0 Å². The van der Waals surface area contributed by atoms with Crippen LogP contribution in [0.2, 0.25) is 0 Å². The molecule has 0 heterocycles. The maximum absolute atomic E-state index is 8.84. The van der Waals surface area contributed by atoms with Crippen molar-refractivity contribution >= 4 is 5.96 Å². The number of aliphatic hydroxyl groups is 1. The van der Waals surface area contributed by atoms with Gasteiger partial charge in [0.25, 0.3) is 0 Å². The second-order valence-corrected chi connectivity index (χ2v) is 5.72. The summed E-state index contributed by atoms with van der Waals surface area (Å²) in [4.78, 5) is 4.62. The average molecular weight is 321 g/mol. The van der Waals surface area contributed by atoms with Gasteiger partial charge in [0.05, 0.1) is 20.3 Å². The molecule has 1 fully saturated rings.